The highest BCUT2D eigenvalue weighted by Crippen LogP contribution is 2.16. The molecule has 1 aromatic carbocycles. The van der Waals surface area contributed by atoms with Crippen LogP contribution in [0.2, 0.25) is 0 Å². The second kappa shape index (κ2) is 4.62. The van der Waals surface area contributed by atoms with Crippen molar-refractivity contribution >= 4 is 5.91 Å². The van der Waals surface area contributed by atoms with E-state index >= 15 is 0 Å². The standard InChI is InChI=1S/C10H13NO3/c1-11(14-2)10(13)7-8-5-3-4-6-9(8)12/h3-6,12H,7H2,1-2H3. The molecule has 0 unspecified atom stereocenters. The Bertz CT molecular complexity index is 325. The number of carbonyl (C=O) groups is 1. The Morgan fingerprint density at radius 2 is 2.14 bits per heavy atom. The summed E-state index contributed by atoms with van der Waals surface area (Å²) in [6.45, 7) is 0. The number of hydrogen-bond acceptors (Lipinski definition) is 3. The first-order valence-corrected chi connectivity index (χ1v) is 4.22. The van der Waals surface area contributed by atoms with E-state index < -0.39 is 0 Å². The molecule has 4 heteroatoms. The first kappa shape index (κ1) is 10.5. The summed E-state index contributed by atoms with van der Waals surface area (Å²) in [6.07, 6.45) is 0.136. The van der Waals surface area contributed by atoms with E-state index in [9.17, 15) is 9.90 Å². The van der Waals surface area contributed by atoms with E-state index in [0.717, 1.165) is 5.06 Å². The van der Waals surface area contributed by atoms with Crippen molar-refractivity contribution < 1.29 is 14.7 Å². The molecule has 0 aliphatic carbocycles. The number of nitrogens with zero attached hydrogens (tertiary/aromatic N) is 1. The van der Waals surface area contributed by atoms with Crippen molar-refractivity contribution in [3.63, 3.8) is 0 Å². The number of benzene rings is 1. The number of carbonyl (C=O) groups excluding carboxylic acids is 1. The van der Waals surface area contributed by atoms with Crippen molar-refractivity contribution in [1.82, 2.24) is 5.06 Å². The lowest BCUT2D eigenvalue weighted by Gasteiger charge is -2.13. The van der Waals surface area contributed by atoms with E-state index in [-0.39, 0.29) is 18.1 Å². The van der Waals surface area contributed by atoms with Crippen LogP contribution in [0.3, 0.4) is 0 Å². The maximum absolute atomic E-state index is 11.4. The summed E-state index contributed by atoms with van der Waals surface area (Å²) in [6, 6.07) is 6.74. The average molecular weight is 195 g/mol. The van der Waals surface area contributed by atoms with E-state index in [1.807, 2.05) is 0 Å². The molecule has 0 saturated heterocycles. The predicted octanol–water partition coefficient (Wildman–Crippen LogP) is 0.954. The van der Waals surface area contributed by atoms with Crippen LogP contribution in [0.5, 0.6) is 5.75 Å². The molecule has 0 spiro atoms. The van der Waals surface area contributed by atoms with Crippen molar-refractivity contribution in [2.45, 2.75) is 6.42 Å². The van der Waals surface area contributed by atoms with Gasteiger partial charge in [0.1, 0.15) is 5.75 Å². The summed E-state index contributed by atoms with van der Waals surface area (Å²) in [5.41, 5.74) is 0.599. The van der Waals surface area contributed by atoms with Gasteiger partial charge in [-0.3, -0.25) is 9.63 Å². The SMILES string of the molecule is CON(C)C(=O)Cc1ccccc1O. The van der Waals surface area contributed by atoms with E-state index in [2.05, 4.69) is 0 Å². The second-order valence-corrected chi connectivity index (χ2v) is 2.88. The topological polar surface area (TPSA) is 49.8 Å². The van der Waals surface area contributed by atoms with Crippen LogP contribution in [0.25, 0.3) is 0 Å². The fraction of sp³-hybridized carbons (Fsp3) is 0.300. The second-order valence-electron chi connectivity index (χ2n) is 2.88. The van der Waals surface area contributed by atoms with Gasteiger partial charge in [0.2, 0.25) is 5.91 Å². The molecular formula is C10H13NO3. The Hall–Kier alpha value is -1.55. The Morgan fingerprint density at radius 3 is 2.71 bits per heavy atom. The maximum Gasteiger partial charge on any atom is 0.250 e. The average Bonchev–Trinajstić information content (AvgIpc) is 2.20. The quantitative estimate of drug-likeness (QED) is 0.731. The predicted molar refractivity (Wildman–Crippen MR) is 51.6 cm³/mol. The number of hydrogen-bond donors (Lipinski definition) is 1. The zero-order chi connectivity index (χ0) is 10.6. The van der Waals surface area contributed by atoms with Crippen LogP contribution < -0.4 is 0 Å². The highest BCUT2D eigenvalue weighted by atomic mass is 16.7. The van der Waals surface area contributed by atoms with Gasteiger partial charge < -0.3 is 5.11 Å². The largest absolute Gasteiger partial charge is 0.508 e. The number of likely N-dealkylation sites (N-methyl/N-ethyl adjacent to an activating group) is 1. The van der Waals surface area contributed by atoms with Gasteiger partial charge in [0, 0.05) is 12.6 Å². The number of amides is 1. The van der Waals surface area contributed by atoms with Gasteiger partial charge in [-0.05, 0) is 6.07 Å². The minimum atomic E-state index is -0.200. The van der Waals surface area contributed by atoms with Crippen LogP contribution in [0.15, 0.2) is 24.3 Å². The molecule has 0 aromatic heterocycles. The molecule has 0 aliphatic rings. The number of phenols is 1. The van der Waals surface area contributed by atoms with Gasteiger partial charge in [-0.1, -0.05) is 18.2 Å². The lowest BCUT2D eigenvalue weighted by atomic mass is 10.1. The molecule has 1 aromatic rings. The Morgan fingerprint density at radius 1 is 1.50 bits per heavy atom. The molecule has 14 heavy (non-hydrogen) atoms. The van der Waals surface area contributed by atoms with Crippen LogP contribution in [-0.4, -0.2) is 30.2 Å². The van der Waals surface area contributed by atoms with Crippen molar-refractivity contribution in [3.8, 4) is 5.75 Å². The Labute approximate surface area is 82.7 Å². The summed E-state index contributed by atoms with van der Waals surface area (Å²) in [5, 5.41) is 10.5. The molecule has 0 heterocycles. The summed E-state index contributed by atoms with van der Waals surface area (Å²) in [5.74, 6) is -0.0700. The zero-order valence-corrected chi connectivity index (χ0v) is 8.23. The summed E-state index contributed by atoms with van der Waals surface area (Å²) < 4.78 is 0. The molecule has 0 aliphatic heterocycles. The normalized spacial score (nSPS) is 9.86. The van der Waals surface area contributed by atoms with Gasteiger partial charge in [0.15, 0.2) is 0 Å². The van der Waals surface area contributed by atoms with Crippen LogP contribution in [0, 0.1) is 0 Å². The van der Waals surface area contributed by atoms with Gasteiger partial charge in [0.25, 0.3) is 0 Å². The van der Waals surface area contributed by atoms with Crippen LogP contribution in [0.1, 0.15) is 5.56 Å². The number of aromatic hydroxyl groups is 1. The van der Waals surface area contributed by atoms with Gasteiger partial charge in [0.05, 0.1) is 13.5 Å². The molecule has 0 bridgehead atoms. The lowest BCUT2D eigenvalue weighted by molar-refractivity contribution is -0.167. The van der Waals surface area contributed by atoms with E-state index in [1.54, 1.807) is 24.3 Å². The highest BCUT2D eigenvalue weighted by molar-refractivity contribution is 5.78. The van der Waals surface area contributed by atoms with Crippen LogP contribution >= 0.6 is 0 Å². The van der Waals surface area contributed by atoms with E-state index in [1.165, 1.54) is 14.2 Å². The van der Waals surface area contributed by atoms with Crippen molar-refractivity contribution in [2.24, 2.45) is 0 Å². The summed E-state index contributed by atoms with van der Waals surface area (Å²) >= 11 is 0. The van der Waals surface area contributed by atoms with Gasteiger partial charge >= 0.3 is 0 Å². The summed E-state index contributed by atoms with van der Waals surface area (Å²) in [7, 11) is 2.95. The third kappa shape index (κ3) is 2.47. The number of phenolic OH excluding ortho intramolecular Hbond substituents is 1. The summed E-state index contributed by atoms with van der Waals surface area (Å²) in [4.78, 5) is 16.1. The van der Waals surface area contributed by atoms with Crippen molar-refractivity contribution in [3.05, 3.63) is 29.8 Å². The highest BCUT2D eigenvalue weighted by Gasteiger charge is 2.10. The molecule has 0 radical (unpaired) electrons. The third-order valence-electron chi connectivity index (χ3n) is 1.96. The molecule has 0 atom stereocenters. The molecule has 0 fully saturated rings. The third-order valence-corrected chi connectivity index (χ3v) is 1.96. The minimum absolute atomic E-state index is 0.130. The zero-order valence-electron chi connectivity index (χ0n) is 8.23. The van der Waals surface area contributed by atoms with E-state index in [0.29, 0.717) is 5.56 Å². The fourth-order valence-corrected chi connectivity index (χ4v) is 1.04. The van der Waals surface area contributed by atoms with Crippen molar-refractivity contribution in [2.75, 3.05) is 14.2 Å². The molecular weight excluding hydrogens is 182 g/mol. The fourth-order valence-electron chi connectivity index (χ4n) is 1.04. The van der Waals surface area contributed by atoms with Crippen LogP contribution in [0.4, 0.5) is 0 Å². The number of para-hydroxylation sites is 1. The lowest BCUT2D eigenvalue weighted by Crippen LogP contribution is -2.26. The first-order valence-electron chi connectivity index (χ1n) is 4.22. The molecule has 0 saturated carbocycles. The van der Waals surface area contributed by atoms with Gasteiger partial charge in [-0.25, -0.2) is 5.06 Å². The Kier molecular flexibility index (Phi) is 3.48. The molecule has 1 rings (SSSR count). The maximum atomic E-state index is 11.4. The van der Waals surface area contributed by atoms with Gasteiger partial charge in [-0.15, -0.1) is 0 Å². The minimum Gasteiger partial charge on any atom is -0.508 e. The van der Waals surface area contributed by atoms with Gasteiger partial charge in [-0.2, -0.15) is 0 Å². The Balaban J connectivity index is 2.70. The molecule has 4 nitrogen and oxygen atoms in total. The number of hydroxylamine groups is 2. The molecule has 1 N–H and O–H groups in total. The smallest absolute Gasteiger partial charge is 0.250 e. The number of rotatable bonds is 3. The monoisotopic (exact) mass is 195 g/mol. The van der Waals surface area contributed by atoms with Crippen LogP contribution in [-0.2, 0) is 16.1 Å². The molecule has 1 amide bonds. The first-order chi connectivity index (χ1) is 6.65. The van der Waals surface area contributed by atoms with Crippen molar-refractivity contribution in [1.29, 1.82) is 0 Å². The van der Waals surface area contributed by atoms with E-state index in [4.69, 9.17) is 4.84 Å². The molecule has 76 valence electrons.